The van der Waals surface area contributed by atoms with Gasteiger partial charge in [-0.2, -0.15) is 0 Å². The van der Waals surface area contributed by atoms with E-state index < -0.39 is 0 Å². The number of benzene rings is 1. The molecular formula is C17H27N. The Morgan fingerprint density at radius 2 is 1.39 bits per heavy atom. The average Bonchev–Trinajstić information content (AvgIpc) is 2.24. The highest BCUT2D eigenvalue weighted by Crippen LogP contribution is 2.34. The molecule has 0 atom stereocenters. The number of rotatable bonds is 3. The number of nitrogens with zero attached hydrogens (tertiary/aromatic N) is 1. The van der Waals surface area contributed by atoms with Crippen molar-refractivity contribution < 1.29 is 0 Å². The highest BCUT2D eigenvalue weighted by molar-refractivity contribution is 5.71. The van der Waals surface area contributed by atoms with Gasteiger partial charge in [-0.15, -0.1) is 0 Å². The molecule has 1 rings (SSSR count). The summed E-state index contributed by atoms with van der Waals surface area (Å²) in [6.07, 6.45) is 2.07. The normalized spacial score (nSPS) is 12.9. The third-order valence-corrected chi connectivity index (χ3v) is 2.92. The molecule has 0 bridgehead atoms. The molecule has 0 fully saturated rings. The van der Waals surface area contributed by atoms with Crippen molar-refractivity contribution in [3.05, 3.63) is 29.3 Å². The van der Waals surface area contributed by atoms with Crippen molar-refractivity contribution >= 4 is 11.9 Å². The van der Waals surface area contributed by atoms with E-state index in [4.69, 9.17) is 4.99 Å². The van der Waals surface area contributed by atoms with Crippen molar-refractivity contribution in [2.45, 2.75) is 60.3 Å². The Bertz CT molecular complexity index is 393. The third-order valence-electron chi connectivity index (χ3n) is 2.92. The zero-order valence-electron chi connectivity index (χ0n) is 12.9. The summed E-state index contributed by atoms with van der Waals surface area (Å²) in [5.41, 5.74) is 4.00. The van der Waals surface area contributed by atoms with Crippen LogP contribution in [0.25, 0.3) is 0 Å². The lowest BCUT2D eigenvalue weighted by Crippen LogP contribution is -2.06. The SMILES string of the molecule is CC(C)c1cccc(C(C)C)c1N=CC(C)(C)C. The zero-order chi connectivity index (χ0) is 13.9. The van der Waals surface area contributed by atoms with E-state index in [9.17, 15) is 0 Å². The summed E-state index contributed by atoms with van der Waals surface area (Å²) in [6, 6.07) is 6.55. The summed E-state index contributed by atoms with van der Waals surface area (Å²) in [4.78, 5) is 4.79. The number of para-hydroxylation sites is 1. The molecule has 100 valence electrons. The van der Waals surface area contributed by atoms with Crippen LogP contribution in [0.4, 0.5) is 5.69 Å². The van der Waals surface area contributed by atoms with Gasteiger partial charge in [0.25, 0.3) is 0 Å². The Balaban J connectivity index is 3.32. The van der Waals surface area contributed by atoms with E-state index in [-0.39, 0.29) is 5.41 Å². The van der Waals surface area contributed by atoms with Gasteiger partial charge in [0.1, 0.15) is 0 Å². The Morgan fingerprint density at radius 1 is 0.944 bits per heavy atom. The standard InChI is InChI=1S/C17H27N/c1-12(2)14-9-8-10-15(13(3)4)16(14)18-11-17(5,6)7/h8-13H,1-7H3. The fourth-order valence-corrected chi connectivity index (χ4v) is 1.92. The first-order valence-electron chi connectivity index (χ1n) is 6.90. The molecular weight excluding hydrogens is 218 g/mol. The van der Waals surface area contributed by atoms with E-state index in [0.29, 0.717) is 11.8 Å². The van der Waals surface area contributed by atoms with E-state index in [1.54, 1.807) is 0 Å². The highest BCUT2D eigenvalue weighted by Gasteiger charge is 2.13. The molecule has 0 amide bonds. The molecule has 0 aliphatic heterocycles. The van der Waals surface area contributed by atoms with E-state index in [1.165, 1.54) is 16.8 Å². The summed E-state index contributed by atoms with van der Waals surface area (Å²) in [5.74, 6) is 1.02. The van der Waals surface area contributed by atoms with Gasteiger partial charge in [0.15, 0.2) is 0 Å². The molecule has 1 nitrogen and oxygen atoms in total. The van der Waals surface area contributed by atoms with Gasteiger partial charge in [-0.3, -0.25) is 4.99 Å². The molecule has 0 radical (unpaired) electrons. The first-order chi connectivity index (χ1) is 8.22. The molecule has 0 saturated heterocycles. The molecule has 0 N–H and O–H groups in total. The van der Waals surface area contributed by atoms with Crippen LogP contribution in [0.2, 0.25) is 0 Å². The predicted molar refractivity (Wildman–Crippen MR) is 82.2 cm³/mol. The Kier molecular flexibility index (Phi) is 4.72. The van der Waals surface area contributed by atoms with Crippen molar-refractivity contribution in [2.75, 3.05) is 0 Å². The Hall–Kier alpha value is -1.11. The van der Waals surface area contributed by atoms with Crippen LogP contribution in [-0.4, -0.2) is 6.21 Å². The second-order valence-corrected chi connectivity index (χ2v) is 6.72. The molecule has 0 aromatic heterocycles. The summed E-state index contributed by atoms with van der Waals surface area (Å²) < 4.78 is 0. The van der Waals surface area contributed by atoms with Crippen molar-refractivity contribution in [3.8, 4) is 0 Å². The van der Waals surface area contributed by atoms with Gasteiger partial charge in [-0.1, -0.05) is 66.7 Å². The second kappa shape index (κ2) is 5.69. The number of hydrogen-bond acceptors (Lipinski definition) is 1. The van der Waals surface area contributed by atoms with E-state index >= 15 is 0 Å². The largest absolute Gasteiger partial charge is 0.260 e. The molecule has 1 heteroatoms. The number of aliphatic imine (C=N–C) groups is 1. The van der Waals surface area contributed by atoms with Crippen molar-refractivity contribution in [1.29, 1.82) is 0 Å². The zero-order valence-corrected chi connectivity index (χ0v) is 12.9. The summed E-state index contributed by atoms with van der Waals surface area (Å²) in [7, 11) is 0. The lowest BCUT2D eigenvalue weighted by atomic mass is 9.92. The Morgan fingerprint density at radius 3 is 1.72 bits per heavy atom. The van der Waals surface area contributed by atoms with Gasteiger partial charge in [-0.05, 0) is 28.4 Å². The lowest BCUT2D eigenvalue weighted by Gasteiger charge is -2.18. The number of hydrogen-bond donors (Lipinski definition) is 0. The van der Waals surface area contributed by atoms with Crippen LogP contribution in [0.5, 0.6) is 0 Å². The molecule has 0 heterocycles. The average molecular weight is 245 g/mol. The van der Waals surface area contributed by atoms with Crippen LogP contribution in [0.1, 0.15) is 71.4 Å². The molecule has 0 unspecified atom stereocenters. The smallest absolute Gasteiger partial charge is 0.0695 e. The van der Waals surface area contributed by atoms with Crippen molar-refractivity contribution in [2.24, 2.45) is 10.4 Å². The van der Waals surface area contributed by atoms with Gasteiger partial charge in [-0.25, -0.2) is 0 Å². The maximum absolute atomic E-state index is 4.79. The summed E-state index contributed by atoms with van der Waals surface area (Å²) in [6.45, 7) is 15.5. The minimum atomic E-state index is 0.123. The van der Waals surface area contributed by atoms with Crippen LogP contribution in [0, 0.1) is 5.41 Å². The van der Waals surface area contributed by atoms with Gasteiger partial charge >= 0.3 is 0 Å². The first kappa shape index (κ1) is 14.9. The maximum Gasteiger partial charge on any atom is 0.0695 e. The van der Waals surface area contributed by atoms with E-state index in [0.717, 1.165) is 0 Å². The predicted octanol–water partition coefficient (Wildman–Crippen LogP) is 5.68. The topological polar surface area (TPSA) is 12.4 Å². The monoisotopic (exact) mass is 245 g/mol. The molecule has 18 heavy (non-hydrogen) atoms. The van der Waals surface area contributed by atoms with Gasteiger partial charge in [0, 0.05) is 6.21 Å². The fourth-order valence-electron chi connectivity index (χ4n) is 1.92. The van der Waals surface area contributed by atoms with Gasteiger partial charge in [0.2, 0.25) is 0 Å². The molecule has 1 aromatic rings. The lowest BCUT2D eigenvalue weighted by molar-refractivity contribution is 0.607. The molecule has 0 saturated carbocycles. The van der Waals surface area contributed by atoms with Crippen LogP contribution in [-0.2, 0) is 0 Å². The summed E-state index contributed by atoms with van der Waals surface area (Å²) in [5, 5.41) is 0. The summed E-state index contributed by atoms with van der Waals surface area (Å²) >= 11 is 0. The van der Waals surface area contributed by atoms with E-state index in [2.05, 4.69) is 72.9 Å². The minimum absolute atomic E-state index is 0.123. The van der Waals surface area contributed by atoms with E-state index in [1.807, 2.05) is 0 Å². The van der Waals surface area contributed by atoms with Gasteiger partial charge < -0.3 is 0 Å². The quantitative estimate of drug-likeness (QED) is 0.607. The van der Waals surface area contributed by atoms with Crippen LogP contribution in [0.15, 0.2) is 23.2 Å². The third kappa shape index (κ3) is 3.97. The van der Waals surface area contributed by atoms with Gasteiger partial charge in [0.05, 0.1) is 5.69 Å². The van der Waals surface area contributed by atoms with Crippen LogP contribution >= 0.6 is 0 Å². The van der Waals surface area contributed by atoms with Crippen LogP contribution in [0.3, 0.4) is 0 Å². The van der Waals surface area contributed by atoms with Crippen molar-refractivity contribution in [3.63, 3.8) is 0 Å². The molecule has 0 aliphatic rings. The van der Waals surface area contributed by atoms with Crippen LogP contribution < -0.4 is 0 Å². The maximum atomic E-state index is 4.79. The molecule has 1 aromatic carbocycles. The molecule has 0 spiro atoms. The minimum Gasteiger partial charge on any atom is -0.260 e. The first-order valence-corrected chi connectivity index (χ1v) is 6.90. The van der Waals surface area contributed by atoms with Crippen molar-refractivity contribution in [1.82, 2.24) is 0 Å². The second-order valence-electron chi connectivity index (χ2n) is 6.72. The fraction of sp³-hybridized carbons (Fsp3) is 0.588. The highest BCUT2D eigenvalue weighted by atomic mass is 14.7. The molecule has 0 aliphatic carbocycles. The Labute approximate surface area is 112 Å².